The maximum Gasteiger partial charge on any atom is 0.457 e. The molecule has 258 valence electrons. The molecule has 0 aromatic rings. The lowest BCUT2D eigenvalue weighted by molar-refractivity contribution is -0.155. The molecule has 45 heavy (non-hydrogen) atoms. The number of alkyl carbamates (subject to hydrolysis) is 1. The van der Waals surface area contributed by atoms with Crippen molar-refractivity contribution in [2.45, 2.75) is 168 Å². The van der Waals surface area contributed by atoms with Gasteiger partial charge in [0.25, 0.3) is 0 Å². The molecule has 2 fully saturated rings. The van der Waals surface area contributed by atoms with E-state index in [0.29, 0.717) is 32.0 Å². The van der Waals surface area contributed by atoms with Gasteiger partial charge in [0.1, 0.15) is 22.8 Å². The number of nitrogens with one attached hydrogen (secondary N) is 2. The van der Waals surface area contributed by atoms with Gasteiger partial charge in [-0.15, -0.1) is 0 Å². The Hall–Kier alpha value is -2.54. The summed E-state index contributed by atoms with van der Waals surface area (Å²) in [5, 5.41) is 16.3. The molecular weight excluding hydrogens is 581 g/mol. The number of hydrogen-bond acceptors (Lipinski definition) is 8. The predicted molar refractivity (Wildman–Crippen MR) is 172 cm³/mol. The number of piperidine rings is 1. The lowest BCUT2D eigenvalue weighted by atomic mass is 9.77. The second kappa shape index (κ2) is 14.5. The van der Waals surface area contributed by atoms with Crippen molar-refractivity contribution in [1.29, 1.82) is 0 Å². The molecule has 0 unspecified atom stereocenters. The van der Waals surface area contributed by atoms with Crippen LogP contribution in [-0.4, -0.2) is 87.8 Å². The van der Waals surface area contributed by atoms with E-state index in [1.54, 1.807) is 41.5 Å². The number of ether oxygens (including phenoxy) is 2. The molecule has 3 N–H and O–H groups in total. The molecule has 0 saturated carbocycles. The number of aliphatic carboxylic acids is 1. The van der Waals surface area contributed by atoms with Crippen molar-refractivity contribution in [1.82, 2.24) is 15.5 Å². The lowest BCUT2D eigenvalue weighted by Crippen LogP contribution is -2.65. The van der Waals surface area contributed by atoms with Crippen molar-refractivity contribution in [3.63, 3.8) is 0 Å². The van der Waals surface area contributed by atoms with Gasteiger partial charge < -0.3 is 34.5 Å². The van der Waals surface area contributed by atoms with Gasteiger partial charge in [-0.1, -0.05) is 26.7 Å². The number of amides is 3. The van der Waals surface area contributed by atoms with E-state index in [1.807, 2.05) is 41.5 Å². The van der Waals surface area contributed by atoms with Gasteiger partial charge in [-0.3, -0.25) is 9.69 Å². The van der Waals surface area contributed by atoms with E-state index in [1.165, 1.54) is 4.90 Å². The fraction of sp³-hybridized carbons (Fsp3) is 0.875. The van der Waals surface area contributed by atoms with Crippen molar-refractivity contribution in [2.24, 2.45) is 5.92 Å². The lowest BCUT2D eigenvalue weighted by Gasteiger charge is -2.47. The molecular formula is C32H58BN3O9. The molecule has 13 heteroatoms. The van der Waals surface area contributed by atoms with Crippen LogP contribution in [0.3, 0.4) is 0 Å². The quantitative estimate of drug-likeness (QED) is 0.196. The van der Waals surface area contributed by atoms with E-state index in [-0.39, 0.29) is 25.3 Å². The third-order valence-electron chi connectivity index (χ3n) is 8.46. The largest absolute Gasteiger partial charge is 0.479 e. The van der Waals surface area contributed by atoms with Gasteiger partial charge in [-0.25, -0.2) is 14.4 Å². The number of unbranched alkanes of at least 4 members (excludes halogenated alkanes) is 1. The number of hydrogen-bond donors (Lipinski definition) is 3. The SMILES string of the molecule is CC(C)C[C@H](NC(=O)OC(C)(C)C)C(=O)N[C@H]1CCN(C(=O)OC(C)(C)C)[C@@](CCCCB2OC(C)(C)C(C)(C)O2)(C(=O)O)C1. The van der Waals surface area contributed by atoms with Crippen molar-refractivity contribution < 1.29 is 43.1 Å². The van der Waals surface area contributed by atoms with Crippen molar-refractivity contribution in [3.05, 3.63) is 0 Å². The van der Waals surface area contributed by atoms with E-state index in [0.717, 1.165) is 0 Å². The molecule has 2 rings (SSSR count). The third-order valence-corrected chi connectivity index (χ3v) is 8.46. The molecule has 0 aliphatic carbocycles. The summed E-state index contributed by atoms with van der Waals surface area (Å²) < 4.78 is 23.2. The predicted octanol–water partition coefficient (Wildman–Crippen LogP) is 5.53. The van der Waals surface area contributed by atoms with Crippen LogP contribution in [0.2, 0.25) is 6.32 Å². The van der Waals surface area contributed by atoms with Gasteiger partial charge in [0.15, 0.2) is 0 Å². The van der Waals surface area contributed by atoms with Crippen molar-refractivity contribution >= 4 is 31.2 Å². The molecule has 2 saturated heterocycles. The van der Waals surface area contributed by atoms with Crippen LogP contribution in [-0.2, 0) is 28.4 Å². The molecule has 2 aliphatic rings. The number of nitrogens with zero attached hydrogens (tertiary/aromatic N) is 1. The summed E-state index contributed by atoms with van der Waals surface area (Å²) in [6, 6.07) is -1.42. The molecule has 0 spiro atoms. The van der Waals surface area contributed by atoms with E-state index in [9.17, 15) is 24.3 Å². The van der Waals surface area contributed by atoms with E-state index in [2.05, 4.69) is 10.6 Å². The summed E-state index contributed by atoms with van der Waals surface area (Å²) in [7, 11) is -0.411. The van der Waals surface area contributed by atoms with Gasteiger partial charge in [0.05, 0.1) is 11.2 Å². The van der Waals surface area contributed by atoms with Crippen molar-refractivity contribution in [2.75, 3.05) is 6.54 Å². The first kappa shape index (κ1) is 38.6. The maximum absolute atomic E-state index is 13.5. The Labute approximate surface area is 270 Å². The highest BCUT2D eigenvalue weighted by atomic mass is 16.7. The first-order valence-corrected chi connectivity index (χ1v) is 16.3. The summed E-state index contributed by atoms with van der Waals surface area (Å²) in [5.41, 5.74) is -4.09. The zero-order valence-electron chi connectivity index (χ0n) is 29.6. The van der Waals surface area contributed by atoms with Crippen LogP contribution in [0, 0.1) is 5.92 Å². The third kappa shape index (κ3) is 11.0. The Bertz CT molecular complexity index is 1050. The van der Waals surface area contributed by atoms with Gasteiger partial charge in [0, 0.05) is 19.0 Å². The monoisotopic (exact) mass is 639 g/mol. The molecule has 2 aliphatic heterocycles. The van der Waals surface area contributed by atoms with Gasteiger partial charge in [-0.2, -0.15) is 0 Å². The average Bonchev–Trinajstić information content (AvgIpc) is 3.04. The highest BCUT2D eigenvalue weighted by molar-refractivity contribution is 6.45. The van der Waals surface area contributed by atoms with E-state index >= 15 is 0 Å². The molecule has 3 atom stereocenters. The van der Waals surface area contributed by atoms with E-state index in [4.69, 9.17) is 18.8 Å². The highest BCUT2D eigenvalue weighted by Crippen LogP contribution is 2.39. The fourth-order valence-electron chi connectivity index (χ4n) is 5.64. The second-order valence-corrected chi connectivity index (χ2v) is 15.9. The van der Waals surface area contributed by atoms with Crippen LogP contribution in [0.1, 0.15) is 122 Å². The molecule has 3 amide bonds. The number of carboxylic acid groups (broad SMARTS) is 1. The average molecular weight is 640 g/mol. The number of rotatable bonds is 11. The van der Waals surface area contributed by atoms with Crippen molar-refractivity contribution in [3.8, 4) is 0 Å². The summed E-state index contributed by atoms with van der Waals surface area (Å²) in [6.07, 6.45) is 1.09. The van der Waals surface area contributed by atoms with Gasteiger partial charge in [-0.05, 0) is 101 Å². The van der Waals surface area contributed by atoms with Crippen LogP contribution in [0.15, 0.2) is 0 Å². The Morgan fingerprint density at radius 3 is 2.00 bits per heavy atom. The minimum Gasteiger partial charge on any atom is -0.479 e. The second-order valence-electron chi connectivity index (χ2n) is 15.9. The smallest absolute Gasteiger partial charge is 0.457 e. The van der Waals surface area contributed by atoms with Crippen LogP contribution in [0.4, 0.5) is 9.59 Å². The standard InChI is InChI=1S/C32H58BN3O9/c1-21(2)19-23(35-26(40)42-28(3,4)5)24(37)34-22-15-18-36(27(41)43-29(6,7)8)32(20-22,25(38)39)16-13-14-17-33-44-30(9,10)31(11,12)45-33/h21-23H,13-20H2,1-12H3,(H,34,37)(H,35,40)(H,38,39)/t22-,23-,32+/m0/s1. The van der Waals surface area contributed by atoms with Gasteiger partial charge >= 0.3 is 25.3 Å². The van der Waals surface area contributed by atoms with Crippen LogP contribution < -0.4 is 10.6 Å². The van der Waals surface area contributed by atoms with Crippen LogP contribution >= 0.6 is 0 Å². The molecule has 0 radical (unpaired) electrons. The van der Waals surface area contributed by atoms with E-state index < -0.39 is 71.2 Å². The number of carbonyl (C=O) groups is 4. The fourth-order valence-corrected chi connectivity index (χ4v) is 5.64. The minimum atomic E-state index is -1.61. The summed E-state index contributed by atoms with van der Waals surface area (Å²) >= 11 is 0. The molecule has 12 nitrogen and oxygen atoms in total. The first-order chi connectivity index (χ1) is 20.4. The first-order valence-electron chi connectivity index (χ1n) is 16.3. The number of likely N-dealkylation sites (tertiary alicyclic amines) is 1. The topological polar surface area (TPSA) is 153 Å². The van der Waals surface area contributed by atoms with Gasteiger partial charge in [0.2, 0.25) is 5.91 Å². The Kier molecular flexibility index (Phi) is 12.4. The molecule has 0 bridgehead atoms. The Morgan fingerprint density at radius 2 is 1.51 bits per heavy atom. The highest BCUT2D eigenvalue weighted by Gasteiger charge is 2.53. The zero-order chi connectivity index (χ0) is 34.6. The Balaban J connectivity index is 2.23. The summed E-state index contributed by atoms with van der Waals surface area (Å²) in [4.78, 5) is 53.8. The minimum absolute atomic E-state index is 0.00928. The van der Waals surface area contributed by atoms with Crippen LogP contribution in [0.5, 0.6) is 0 Å². The summed E-state index contributed by atoms with van der Waals surface area (Å²) in [5.74, 6) is -1.49. The number of carbonyl (C=O) groups excluding carboxylic acids is 3. The maximum atomic E-state index is 13.5. The summed E-state index contributed by atoms with van der Waals surface area (Å²) in [6.45, 7) is 22.3. The molecule has 0 aromatic heterocycles. The number of carboxylic acids is 1. The Morgan fingerprint density at radius 1 is 0.956 bits per heavy atom. The zero-order valence-corrected chi connectivity index (χ0v) is 29.6. The normalized spacial score (nSPS) is 23.8. The van der Waals surface area contributed by atoms with Crippen LogP contribution in [0.25, 0.3) is 0 Å². The molecule has 0 aromatic carbocycles. The molecule has 2 heterocycles.